The van der Waals surface area contributed by atoms with Crippen LogP contribution in [-0.4, -0.2) is 36.2 Å². The lowest BCUT2D eigenvalue weighted by Gasteiger charge is -2.22. The Hall–Kier alpha value is -1.27. The fourth-order valence-electron chi connectivity index (χ4n) is 1.84. The molecule has 2 rings (SSSR count). The summed E-state index contributed by atoms with van der Waals surface area (Å²) in [6.45, 7) is 4.66. The molecule has 1 aromatic rings. The van der Waals surface area contributed by atoms with E-state index in [-0.39, 0.29) is 5.78 Å². The molecule has 0 amide bonds. The van der Waals surface area contributed by atoms with Crippen LogP contribution in [0.3, 0.4) is 0 Å². The molecule has 0 radical (unpaired) electrons. The van der Waals surface area contributed by atoms with Crippen LogP contribution in [0.1, 0.15) is 44.3 Å². The third kappa shape index (κ3) is 2.30. The molecule has 1 aliphatic rings. The number of carbonyl (C=O) groups is 1. The van der Waals surface area contributed by atoms with Gasteiger partial charge >= 0.3 is 0 Å². The molecule has 0 aromatic carbocycles. The van der Waals surface area contributed by atoms with E-state index in [0.29, 0.717) is 31.3 Å². The number of rotatable bonds is 4. The highest BCUT2D eigenvalue weighted by Crippen LogP contribution is 2.28. The molecule has 0 bridgehead atoms. The maximum absolute atomic E-state index is 11.8. The Kier molecular flexibility index (Phi) is 3.77. The van der Waals surface area contributed by atoms with E-state index in [2.05, 4.69) is 10.1 Å². The lowest BCUT2D eigenvalue weighted by Crippen LogP contribution is -2.27. The molecule has 1 aromatic heterocycles. The van der Waals surface area contributed by atoms with Gasteiger partial charge in [0.2, 0.25) is 11.7 Å². The summed E-state index contributed by atoms with van der Waals surface area (Å²) in [4.78, 5) is 16.0. The van der Waals surface area contributed by atoms with Crippen LogP contribution < -0.4 is 0 Å². The molecule has 18 heavy (non-hydrogen) atoms. The first-order chi connectivity index (χ1) is 8.60. The van der Waals surface area contributed by atoms with Crippen molar-refractivity contribution in [2.75, 3.05) is 20.3 Å². The monoisotopic (exact) mass is 254 g/mol. The number of carbonyl (C=O) groups excluding carboxylic acids is 1. The van der Waals surface area contributed by atoms with Crippen molar-refractivity contribution >= 4 is 5.78 Å². The molecule has 1 saturated heterocycles. The van der Waals surface area contributed by atoms with E-state index in [1.54, 1.807) is 7.11 Å². The lowest BCUT2D eigenvalue weighted by molar-refractivity contribution is -0.127. The van der Waals surface area contributed by atoms with Gasteiger partial charge in [-0.05, 0) is 13.3 Å². The second-order valence-corrected chi connectivity index (χ2v) is 4.59. The summed E-state index contributed by atoms with van der Waals surface area (Å²) < 4.78 is 15.9. The van der Waals surface area contributed by atoms with E-state index in [0.717, 1.165) is 6.42 Å². The third-order valence-electron chi connectivity index (χ3n) is 3.50. The SMILES string of the molecule is CCC(C)(OC)c1noc(C2COCCC2=O)n1. The van der Waals surface area contributed by atoms with Crippen molar-refractivity contribution < 1.29 is 18.8 Å². The number of Topliss-reactive ketones (excluding diaryl/α,β-unsaturated/α-hetero) is 1. The van der Waals surface area contributed by atoms with Crippen molar-refractivity contribution in [3.05, 3.63) is 11.7 Å². The molecule has 0 saturated carbocycles. The minimum absolute atomic E-state index is 0.0899. The van der Waals surface area contributed by atoms with Crippen LogP contribution in [0.25, 0.3) is 0 Å². The first kappa shape index (κ1) is 13.2. The van der Waals surface area contributed by atoms with E-state index >= 15 is 0 Å². The Bertz CT molecular complexity index is 425. The van der Waals surface area contributed by atoms with Crippen molar-refractivity contribution in [3.63, 3.8) is 0 Å². The number of ketones is 1. The molecule has 0 aliphatic carbocycles. The maximum atomic E-state index is 11.8. The minimum Gasteiger partial charge on any atom is -0.380 e. The fraction of sp³-hybridized carbons (Fsp3) is 0.750. The first-order valence-corrected chi connectivity index (χ1v) is 6.10. The second-order valence-electron chi connectivity index (χ2n) is 4.59. The highest BCUT2D eigenvalue weighted by molar-refractivity contribution is 5.85. The second kappa shape index (κ2) is 5.16. The molecule has 2 unspecified atom stereocenters. The summed E-state index contributed by atoms with van der Waals surface area (Å²) in [7, 11) is 1.61. The summed E-state index contributed by atoms with van der Waals surface area (Å²) in [5, 5.41) is 3.92. The number of aromatic nitrogens is 2. The summed E-state index contributed by atoms with van der Waals surface area (Å²) in [6, 6.07) is 0. The third-order valence-corrected chi connectivity index (χ3v) is 3.50. The van der Waals surface area contributed by atoms with Gasteiger partial charge in [-0.15, -0.1) is 0 Å². The Morgan fingerprint density at radius 2 is 2.33 bits per heavy atom. The smallest absolute Gasteiger partial charge is 0.239 e. The zero-order valence-electron chi connectivity index (χ0n) is 10.9. The molecular weight excluding hydrogens is 236 g/mol. The Balaban J connectivity index is 2.22. The standard InChI is InChI=1S/C12H18N2O4/c1-4-12(2,16-3)11-13-10(18-14-11)8-7-17-6-5-9(8)15/h8H,4-7H2,1-3H3. The predicted molar refractivity (Wildman–Crippen MR) is 62.1 cm³/mol. The largest absolute Gasteiger partial charge is 0.380 e. The van der Waals surface area contributed by atoms with Gasteiger partial charge in [0.15, 0.2) is 0 Å². The van der Waals surface area contributed by atoms with Crippen LogP contribution in [-0.2, 0) is 19.9 Å². The molecular formula is C12H18N2O4. The number of hydrogen-bond donors (Lipinski definition) is 0. The van der Waals surface area contributed by atoms with Gasteiger partial charge in [0.05, 0.1) is 13.2 Å². The van der Waals surface area contributed by atoms with Gasteiger partial charge in [0.1, 0.15) is 17.3 Å². The van der Waals surface area contributed by atoms with E-state index in [1.807, 2.05) is 13.8 Å². The molecule has 1 aliphatic heterocycles. The Morgan fingerprint density at radius 3 is 2.94 bits per heavy atom. The molecule has 0 spiro atoms. The average Bonchev–Trinajstić information content (AvgIpc) is 2.88. The van der Waals surface area contributed by atoms with Gasteiger partial charge in [-0.25, -0.2) is 0 Å². The zero-order valence-corrected chi connectivity index (χ0v) is 10.9. The van der Waals surface area contributed by atoms with E-state index in [4.69, 9.17) is 14.0 Å². The summed E-state index contributed by atoms with van der Waals surface area (Å²) in [5.74, 6) is 0.456. The van der Waals surface area contributed by atoms with Gasteiger partial charge in [-0.3, -0.25) is 4.79 Å². The molecule has 2 heterocycles. The van der Waals surface area contributed by atoms with Gasteiger partial charge in [0, 0.05) is 13.5 Å². The number of ether oxygens (including phenoxy) is 2. The molecule has 100 valence electrons. The Labute approximate surface area is 106 Å². The van der Waals surface area contributed by atoms with Gasteiger partial charge in [-0.1, -0.05) is 12.1 Å². The number of hydrogen-bond acceptors (Lipinski definition) is 6. The molecule has 6 nitrogen and oxygen atoms in total. The van der Waals surface area contributed by atoms with Crippen LogP contribution in [0.4, 0.5) is 0 Å². The first-order valence-electron chi connectivity index (χ1n) is 6.10. The van der Waals surface area contributed by atoms with E-state index < -0.39 is 11.5 Å². The zero-order chi connectivity index (χ0) is 13.2. The molecule has 2 atom stereocenters. The van der Waals surface area contributed by atoms with Gasteiger partial charge in [-0.2, -0.15) is 4.98 Å². The van der Waals surface area contributed by atoms with Crippen molar-refractivity contribution in [3.8, 4) is 0 Å². The fourth-order valence-corrected chi connectivity index (χ4v) is 1.84. The molecule has 1 fully saturated rings. The average molecular weight is 254 g/mol. The Morgan fingerprint density at radius 1 is 1.56 bits per heavy atom. The summed E-state index contributed by atoms with van der Waals surface area (Å²) >= 11 is 0. The summed E-state index contributed by atoms with van der Waals surface area (Å²) in [5.41, 5.74) is -0.583. The van der Waals surface area contributed by atoms with Crippen LogP contribution >= 0.6 is 0 Å². The minimum atomic E-state index is -0.583. The normalized spacial score (nSPS) is 23.9. The molecule has 6 heteroatoms. The number of nitrogens with zero attached hydrogens (tertiary/aromatic N) is 2. The van der Waals surface area contributed by atoms with E-state index in [1.165, 1.54) is 0 Å². The van der Waals surface area contributed by atoms with Gasteiger partial charge in [0.25, 0.3) is 0 Å². The highest BCUT2D eigenvalue weighted by atomic mass is 16.5. The van der Waals surface area contributed by atoms with Crippen LogP contribution in [0, 0.1) is 0 Å². The van der Waals surface area contributed by atoms with Crippen LogP contribution in [0.15, 0.2) is 4.52 Å². The van der Waals surface area contributed by atoms with Gasteiger partial charge < -0.3 is 14.0 Å². The lowest BCUT2D eigenvalue weighted by atomic mass is 10.00. The van der Waals surface area contributed by atoms with E-state index in [9.17, 15) is 4.79 Å². The van der Waals surface area contributed by atoms with Crippen LogP contribution in [0.2, 0.25) is 0 Å². The van der Waals surface area contributed by atoms with Crippen molar-refractivity contribution in [1.82, 2.24) is 10.1 Å². The van der Waals surface area contributed by atoms with Crippen molar-refractivity contribution in [2.45, 2.75) is 38.2 Å². The topological polar surface area (TPSA) is 74.5 Å². The predicted octanol–water partition coefficient (Wildman–Crippen LogP) is 1.41. The highest BCUT2D eigenvalue weighted by Gasteiger charge is 2.34. The number of methoxy groups -OCH3 is 1. The van der Waals surface area contributed by atoms with Crippen LogP contribution in [0.5, 0.6) is 0 Å². The quantitative estimate of drug-likeness (QED) is 0.808. The van der Waals surface area contributed by atoms with Crippen molar-refractivity contribution in [1.29, 1.82) is 0 Å². The maximum Gasteiger partial charge on any atom is 0.239 e. The summed E-state index contributed by atoms with van der Waals surface area (Å²) in [6.07, 6.45) is 1.12. The molecule has 0 N–H and O–H groups in total. The van der Waals surface area contributed by atoms with Crippen molar-refractivity contribution in [2.24, 2.45) is 0 Å².